The van der Waals surface area contributed by atoms with Crippen LogP contribution < -0.4 is 9.47 Å². The van der Waals surface area contributed by atoms with Gasteiger partial charge in [-0.2, -0.15) is 0 Å². The van der Waals surface area contributed by atoms with Gasteiger partial charge in [0, 0.05) is 22.1 Å². The third kappa shape index (κ3) is 5.03. The molecule has 0 aliphatic rings. The van der Waals surface area contributed by atoms with Crippen LogP contribution in [0.1, 0.15) is 6.92 Å². The molecule has 3 aromatic rings. The second-order valence-corrected chi connectivity index (χ2v) is 6.44. The van der Waals surface area contributed by atoms with Crippen LogP contribution in [0.5, 0.6) is 11.6 Å². The molecule has 1 aromatic heterocycles. The van der Waals surface area contributed by atoms with E-state index in [4.69, 9.17) is 9.47 Å². The van der Waals surface area contributed by atoms with E-state index in [1.807, 2.05) is 55.5 Å². The molecule has 0 bridgehead atoms. The van der Waals surface area contributed by atoms with Crippen molar-refractivity contribution in [1.29, 1.82) is 0 Å². The van der Waals surface area contributed by atoms with Crippen molar-refractivity contribution in [1.82, 2.24) is 4.98 Å². The predicted octanol–water partition coefficient (Wildman–Crippen LogP) is 5.08. The maximum Gasteiger partial charge on any atom is 0.213 e. The van der Waals surface area contributed by atoms with E-state index in [1.165, 1.54) is 9.79 Å². The van der Waals surface area contributed by atoms with Gasteiger partial charge in [-0.1, -0.05) is 36.0 Å². The predicted molar refractivity (Wildman–Crippen MR) is 96.8 cm³/mol. The van der Waals surface area contributed by atoms with Gasteiger partial charge in [-0.3, -0.25) is 0 Å². The molecule has 0 aliphatic carbocycles. The standard InChI is InChI=1S/C20H19NO2S/c1-16(15-22-20-9-5-6-14-21-20)23-17-10-12-19(13-11-17)24-18-7-3-2-4-8-18/h2-14,16H,15H2,1H3. The lowest BCUT2D eigenvalue weighted by Crippen LogP contribution is -2.21. The molecule has 3 nitrogen and oxygen atoms in total. The molecule has 122 valence electrons. The van der Waals surface area contributed by atoms with E-state index < -0.39 is 0 Å². The van der Waals surface area contributed by atoms with E-state index in [0.717, 1.165) is 5.75 Å². The third-order valence-electron chi connectivity index (χ3n) is 3.24. The fourth-order valence-electron chi connectivity index (χ4n) is 2.11. The van der Waals surface area contributed by atoms with E-state index in [-0.39, 0.29) is 6.10 Å². The Labute approximate surface area is 146 Å². The molecular formula is C20H19NO2S. The summed E-state index contributed by atoms with van der Waals surface area (Å²) in [7, 11) is 0. The normalized spacial score (nSPS) is 11.7. The van der Waals surface area contributed by atoms with Crippen LogP contribution in [0.15, 0.2) is 88.8 Å². The summed E-state index contributed by atoms with van der Waals surface area (Å²) in [6.07, 6.45) is 1.66. The quantitative estimate of drug-likeness (QED) is 0.602. The Kier molecular flexibility index (Phi) is 5.75. The van der Waals surface area contributed by atoms with E-state index in [2.05, 4.69) is 29.2 Å². The van der Waals surface area contributed by atoms with E-state index in [1.54, 1.807) is 18.0 Å². The first-order valence-corrected chi connectivity index (χ1v) is 8.65. The van der Waals surface area contributed by atoms with Gasteiger partial charge < -0.3 is 9.47 Å². The Morgan fingerprint density at radius 2 is 1.58 bits per heavy atom. The molecule has 2 aromatic carbocycles. The van der Waals surface area contributed by atoms with Gasteiger partial charge >= 0.3 is 0 Å². The number of nitrogens with zero attached hydrogens (tertiary/aromatic N) is 1. The zero-order valence-electron chi connectivity index (χ0n) is 13.5. The number of aromatic nitrogens is 1. The van der Waals surface area contributed by atoms with Crippen molar-refractivity contribution in [3.8, 4) is 11.6 Å². The number of hydrogen-bond acceptors (Lipinski definition) is 4. The van der Waals surface area contributed by atoms with Crippen LogP contribution in [0.2, 0.25) is 0 Å². The lowest BCUT2D eigenvalue weighted by Gasteiger charge is -2.15. The molecule has 0 aliphatic heterocycles. The van der Waals surface area contributed by atoms with Gasteiger partial charge in [-0.15, -0.1) is 0 Å². The summed E-state index contributed by atoms with van der Waals surface area (Å²) in [5.74, 6) is 1.45. The maximum absolute atomic E-state index is 5.88. The summed E-state index contributed by atoms with van der Waals surface area (Å²) < 4.78 is 11.5. The molecule has 1 atom stereocenters. The molecular weight excluding hydrogens is 318 g/mol. The first kappa shape index (κ1) is 16.4. The minimum absolute atomic E-state index is 0.0559. The minimum atomic E-state index is -0.0559. The first-order chi connectivity index (χ1) is 11.8. The average molecular weight is 337 g/mol. The van der Waals surface area contributed by atoms with Crippen molar-refractivity contribution in [2.24, 2.45) is 0 Å². The smallest absolute Gasteiger partial charge is 0.213 e. The highest BCUT2D eigenvalue weighted by molar-refractivity contribution is 7.99. The van der Waals surface area contributed by atoms with E-state index >= 15 is 0 Å². The van der Waals surface area contributed by atoms with Crippen molar-refractivity contribution in [3.63, 3.8) is 0 Å². The van der Waals surface area contributed by atoms with Crippen LogP contribution in [0.3, 0.4) is 0 Å². The summed E-state index contributed by atoms with van der Waals surface area (Å²) in [4.78, 5) is 6.54. The average Bonchev–Trinajstić information content (AvgIpc) is 2.63. The van der Waals surface area contributed by atoms with Crippen LogP contribution in [0.4, 0.5) is 0 Å². The number of benzene rings is 2. The highest BCUT2D eigenvalue weighted by Gasteiger charge is 2.06. The van der Waals surface area contributed by atoms with Gasteiger partial charge in [-0.05, 0) is 49.4 Å². The Hall–Kier alpha value is -2.46. The molecule has 0 spiro atoms. The van der Waals surface area contributed by atoms with Crippen LogP contribution in [-0.2, 0) is 0 Å². The molecule has 0 radical (unpaired) electrons. The summed E-state index contributed by atoms with van der Waals surface area (Å²) in [6.45, 7) is 2.44. The van der Waals surface area contributed by atoms with Crippen molar-refractivity contribution < 1.29 is 9.47 Å². The molecule has 1 unspecified atom stereocenters. The van der Waals surface area contributed by atoms with Crippen LogP contribution >= 0.6 is 11.8 Å². The van der Waals surface area contributed by atoms with Crippen LogP contribution in [-0.4, -0.2) is 17.7 Å². The molecule has 1 heterocycles. The molecule has 0 fully saturated rings. The Balaban J connectivity index is 1.50. The highest BCUT2D eigenvalue weighted by Crippen LogP contribution is 2.28. The monoisotopic (exact) mass is 337 g/mol. The molecule has 0 saturated carbocycles. The Morgan fingerprint density at radius 1 is 0.875 bits per heavy atom. The van der Waals surface area contributed by atoms with E-state index in [0.29, 0.717) is 12.5 Å². The largest absolute Gasteiger partial charge is 0.487 e. The Bertz CT molecular complexity index is 733. The Morgan fingerprint density at radius 3 is 2.29 bits per heavy atom. The fourth-order valence-corrected chi connectivity index (χ4v) is 2.95. The summed E-state index contributed by atoms with van der Waals surface area (Å²) in [5.41, 5.74) is 0. The fraction of sp³-hybridized carbons (Fsp3) is 0.150. The summed E-state index contributed by atoms with van der Waals surface area (Å²) in [6, 6.07) is 24.0. The van der Waals surface area contributed by atoms with Gasteiger partial charge in [0.2, 0.25) is 5.88 Å². The number of ether oxygens (including phenoxy) is 2. The van der Waals surface area contributed by atoms with Crippen molar-refractivity contribution >= 4 is 11.8 Å². The second kappa shape index (κ2) is 8.41. The van der Waals surface area contributed by atoms with Gasteiger partial charge in [0.15, 0.2) is 0 Å². The molecule has 0 amide bonds. The van der Waals surface area contributed by atoms with Crippen LogP contribution in [0.25, 0.3) is 0 Å². The van der Waals surface area contributed by atoms with E-state index in [9.17, 15) is 0 Å². The number of hydrogen-bond donors (Lipinski definition) is 0. The van der Waals surface area contributed by atoms with Gasteiger partial charge in [0.25, 0.3) is 0 Å². The molecule has 0 saturated heterocycles. The number of pyridine rings is 1. The summed E-state index contributed by atoms with van der Waals surface area (Å²) in [5, 5.41) is 0. The van der Waals surface area contributed by atoms with Crippen molar-refractivity contribution in [2.75, 3.05) is 6.61 Å². The zero-order chi connectivity index (χ0) is 16.6. The maximum atomic E-state index is 5.88. The van der Waals surface area contributed by atoms with Gasteiger partial charge in [0.1, 0.15) is 18.5 Å². The SMILES string of the molecule is CC(COc1ccccn1)Oc1ccc(Sc2ccccc2)cc1. The summed E-state index contributed by atoms with van der Waals surface area (Å²) >= 11 is 1.73. The van der Waals surface area contributed by atoms with Crippen molar-refractivity contribution in [2.45, 2.75) is 22.8 Å². The third-order valence-corrected chi connectivity index (χ3v) is 4.26. The minimum Gasteiger partial charge on any atom is -0.487 e. The van der Waals surface area contributed by atoms with Gasteiger partial charge in [-0.25, -0.2) is 4.98 Å². The lowest BCUT2D eigenvalue weighted by molar-refractivity contribution is 0.140. The highest BCUT2D eigenvalue weighted by atomic mass is 32.2. The lowest BCUT2D eigenvalue weighted by atomic mass is 10.3. The van der Waals surface area contributed by atoms with Crippen molar-refractivity contribution in [3.05, 3.63) is 79.0 Å². The van der Waals surface area contributed by atoms with Gasteiger partial charge in [0.05, 0.1) is 0 Å². The molecule has 4 heteroatoms. The second-order valence-electron chi connectivity index (χ2n) is 5.29. The van der Waals surface area contributed by atoms with Crippen LogP contribution in [0, 0.1) is 0 Å². The molecule has 0 N–H and O–H groups in total. The first-order valence-electron chi connectivity index (χ1n) is 7.83. The number of rotatable bonds is 7. The molecule has 3 rings (SSSR count). The zero-order valence-corrected chi connectivity index (χ0v) is 14.3. The topological polar surface area (TPSA) is 31.4 Å². The molecule has 24 heavy (non-hydrogen) atoms.